The van der Waals surface area contributed by atoms with Gasteiger partial charge in [0.05, 0.1) is 23.0 Å². The predicted molar refractivity (Wildman–Crippen MR) is 76.8 cm³/mol. The molecule has 3 heterocycles. The van der Waals surface area contributed by atoms with Crippen LogP contribution in [0.2, 0.25) is 0 Å². The topological polar surface area (TPSA) is 79.2 Å². The fourth-order valence-corrected chi connectivity index (χ4v) is 2.76. The molecule has 0 bridgehead atoms. The molecule has 2 aromatic heterocycles. The number of nitrogens with zero attached hydrogens (tertiary/aromatic N) is 4. The Labute approximate surface area is 122 Å². The van der Waals surface area contributed by atoms with Crippen molar-refractivity contribution in [1.82, 2.24) is 19.9 Å². The number of carboxylic acids is 1. The molecule has 108 valence electrons. The third kappa shape index (κ3) is 2.62. The SMILES string of the molecule is CN1CCCC1c1nccnc1-c1cncc(C(=O)O)c1. The fourth-order valence-electron chi connectivity index (χ4n) is 2.76. The number of carbonyl (C=O) groups is 1. The first kappa shape index (κ1) is 13.6. The maximum Gasteiger partial charge on any atom is 0.337 e. The van der Waals surface area contributed by atoms with Gasteiger partial charge >= 0.3 is 5.97 Å². The van der Waals surface area contributed by atoms with Gasteiger partial charge in [-0.3, -0.25) is 19.9 Å². The van der Waals surface area contributed by atoms with Gasteiger partial charge in [-0.2, -0.15) is 0 Å². The van der Waals surface area contributed by atoms with Crippen LogP contribution in [-0.4, -0.2) is 44.5 Å². The van der Waals surface area contributed by atoms with Crippen molar-refractivity contribution in [3.05, 3.63) is 42.1 Å². The van der Waals surface area contributed by atoms with Crippen LogP contribution in [0.1, 0.15) is 34.9 Å². The van der Waals surface area contributed by atoms with E-state index in [-0.39, 0.29) is 11.6 Å². The molecule has 1 N–H and O–H groups in total. The molecular formula is C15H16N4O2. The van der Waals surface area contributed by atoms with E-state index in [0.29, 0.717) is 11.3 Å². The molecule has 1 saturated heterocycles. The Balaban J connectivity index is 2.06. The van der Waals surface area contributed by atoms with Crippen LogP contribution in [0.15, 0.2) is 30.9 Å². The van der Waals surface area contributed by atoms with Crippen molar-refractivity contribution < 1.29 is 9.90 Å². The summed E-state index contributed by atoms with van der Waals surface area (Å²) in [7, 11) is 2.07. The molecule has 0 amide bonds. The molecular weight excluding hydrogens is 268 g/mol. The zero-order chi connectivity index (χ0) is 14.8. The number of hydrogen-bond donors (Lipinski definition) is 1. The molecule has 1 atom stereocenters. The van der Waals surface area contributed by atoms with Crippen molar-refractivity contribution in [2.75, 3.05) is 13.6 Å². The van der Waals surface area contributed by atoms with Gasteiger partial charge < -0.3 is 5.11 Å². The summed E-state index contributed by atoms with van der Waals surface area (Å²) in [5, 5.41) is 9.09. The van der Waals surface area contributed by atoms with Gasteiger partial charge in [-0.15, -0.1) is 0 Å². The van der Waals surface area contributed by atoms with Crippen LogP contribution in [-0.2, 0) is 0 Å². The van der Waals surface area contributed by atoms with Crippen LogP contribution in [0.4, 0.5) is 0 Å². The predicted octanol–water partition coefficient (Wildman–Crippen LogP) is 2.00. The standard InChI is InChI=1S/C15H16N4O2/c1-19-6-2-3-12(19)14-13(17-4-5-18-14)10-7-11(15(20)21)9-16-8-10/h4-5,7-9,12H,2-3,6H2,1H3,(H,20,21). The highest BCUT2D eigenvalue weighted by Gasteiger charge is 2.27. The Morgan fingerprint density at radius 3 is 2.86 bits per heavy atom. The van der Waals surface area contributed by atoms with Crippen LogP contribution < -0.4 is 0 Å². The summed E-state index contributed by atoms with van der Waals surface area (Å²) in [6, 6.07) is 1.82. The van der Waals surface area contributed by atoms with E-state index in [4.69, 9.17) is 5.11 Å². The fraction of sp³-hybridized carbons (Fsp3) is 0.333. The van der Waals surface area contributed by atoms with Gasteiger partial charge in [-0.25, -0.2) is 4.79 Å². The third-order valence-electron chi connectivity index (χ3n) is 3.82. The molecule has 6 heteroatoms. The minimum Gasteiger partial charge on any atom is -0.478 e. The van der Waals surface area contributed by atoms with E-state index in [1.54, 1.807) is 24.7 Å². The second-order valence-electron chi connectivity index (χ2n) is 5.20. The Kier molecular flexibility index (Phi) is 3.62. The number of likely N-dealkylation sites (tertiary alicyclic amines) is 1. The number of aromatic nitrogens is 3. The Hall–Kier alpha value is -2.34. The smallest absolute Gasteiger partial charge is 0.337 e. The minimum absolute atomic E-state index is 0.156. The highest BCUT2D eigenvalue weighted by atomic mass is 16.4. The Morgan fingerprint density at radius 1 is 1.33 bits per heavy atom. The molecule has 2 aromatic rings. The lowest BCUT2D eigenvalue weighted by Crippen LogP contribution is -2.19. The first-order valence-corrected chi connectivity index (χ1v) is 6.86. The van der Waals surface area contributed by atoms with Crippen molar-refractivity contribution >= 4 is 5.97 Å². The lowest BCUT2D eigenvalue weighted by Gasteiger charge is -2.20. The molecule has 1 aliphatic heterocycles. The monoisotopic (exact) mass is 284 g/mol. The molecule has 0 aromatic carbocycles. The highest BCUT2D eigenvalue weighted by molar-refractivity contribution is 5.88. The lowest BCUT2D eigenvalue weighted by molar-refractivity contribution is 0.0696. The summed E-state index contributed by atoms with van der Waals surface area (Å²) >= 11 is 0. The van der Waals surface area contributed by atoms with Gasteiger partial charge in [-0.05, 0) is 32.5 Å². The maximum absolute atomic E-state index is 11.1. The first-order valence-electron chi connectivity index (χ1n) is 6.86. The summed E-state index contributed by atoms with van der Waals surface area (Å²) < 4.78 is 0. The van der Waals surface area contributed by atoms with Gasteiger partial charge in [0.15, 0.2) is 0 Å². The van der Waals surface area contributed by atoms with E-state index in [0.717, 1.165) is 25.1 Å². The lowest BCUT2D eigenvalue weighted by atomic mass is 10.0. The average Bonchev–Trinajstić information content (AvgIpc) is 2.93. The Bertz CT molecular complexity index is 674. The van der Waals surface area contributed by atoms with E-state index in [1.807, 2.05) is 0 Å². The molecule has 3 rings (SSSR count). The molecule has 1 fully saturated rings. The van der Waals surface area contributed by atoms with Crippen molar-refractivity contribution in [3.63, 3.8) is 0 Å². The van der Waals surface area contributed by atoms with Crippen molar-refractivity contribution in [2.24, 2.45) is 0 Å². The second kappa shape index (κ2) is 5.57. The first-order chi connectivity index (χ1) is 10.2. The molecule has 0 aliphatic carbocycles. The van der Waals surface area contributed by atoms with Gasteiger partial charge in [0.25, 0.3) is 0 Å². The number of pyridine rings is 1. The molecule has 21 heavy (non-hydrogen) atoms. The number of aromatic carboxylic acids is 1. The molecule has 0 saturated carbocycles. The molecule has 6 nitrogen and oxygen atoms in total. The van der Waals surface area contributed by atoms with Crippen LogP contribution in [0.25, 0.3) is 11.3 Å². The van der Waals surface area contributed by atoms with Crippen molar-refractivity contribution in [2.45, 2.75) is 18.9 Å². The number of carboxylic acid groups (broad SMARTS) is 1. The molecule has 0 spiro atoms. The summed E-state index contributed by atoms with van der Waals surface area (Å²) in [5.74, 6) is -0.993. The Morgan fingerprint density at radius 2 is 2.14 bits per heavy atom. The minimum atomic E-state index is -0.993. The van der Waals surface area contributed by atoms with E-state index in [2.05, 4.69) is 26.9 Å². The number of rotatable bonds is 3. The molecule has 1 unspecified atom stereocenters. The van der Waals surface area contributed by atoms with Crippen LogP contribution in [0, 0.1) is 0 Å². The van der Waals surface area contributed by atoms with Crippen LogP contribution >= 0.6 is 0 Å². The van der Waals surface area contributed by atoms with Crippen molar-refractivity contribution in [3.8, 4) is 11.3 Å². The van der Waals surface area contributed by atoms with Gasteiger partial charge in [0.1, 0.15) is 0 Å². The summed E-state index contributed by atoms with van der Waals surface area (Å²) in [5.41, 5.74) is 2.45. The van der Waals surface area contributed by atoms with E-state index in [1.165, 1.54) is 6.20 Å². The van der Waals surface area contributed by atoms with Gasteiger partial charge in [-0.1, -0.05) is 0 Å². The van der Waals surface area contributed by atoms with E-state index >= 15 is 0 Å². The third-order valence-corrected chi connectivity index (χ3v) is 3.82. The zero-order valence-corrected chi connectivity index (χ0v) is 11.7. The molecule has 1 aliphatic rings. The summed E-state index contributed by atoms with van der Waals surface area (Å²) in [6.45, 7) is 1.04. The van der Waals surface area contributed by atoms with Crippen LogP contribution in [0.3, 0.4) is 0 Å². The maximum atomic E-state index is 11.1. The van der Waals surface area contributed by atoms with Crippen LogP contribution in [0.5, 0.6) is 0 Å². The summed E-state index contributed by atoms with van der Waals surface area (Å²) in [4.78, 5) is 26.2. The number of hydrogen-bond acceptors (Lipinski definition) is 5. The van der Waals surface area contributed by atoms with E-state index in [9.17, 15) is 4.79 Å². The average molecular weight is 284 g/mol. The summed E-state index contributed by atoms with van der Waals surface area (Å²) in [6.07, 6.45) is 8.44. The van der Waals surface area contributed by atoms with Gasteiger partial charge in [0.2, 0.25) is 0 Å². The van der Waals surface area contributed by atoms with Gasteiger partial charge in [0, 0.05) is 30.4 Å². The normalized spacial score (nSPS) is 18.8. The zero-order valence-electron chi connectivity index (χ0n) is 11.7. The highest BCUT2D eigenvalue weighted by Crippen LogP contribution is 2.34. The van der Waals surface area contributed by atoms with Crippen molar-refractivity contribution in [1.29, 1.82) is 0 Å². The molecule has 0 radical (unpaired) electrons. The quantitative estimate of drug-likeness (QED) is 0.928. The van der Waals surface area contributed by atoms with E-state index < -0.39 is 5.97 Å². The largest absolute Gasteiger partial charge is 0.478 e. The second-order valence-corrected chi connectivity index (χ2v) is 5.20.